The van der Waals surface area contributed by atoms with Crippen LogP contribution in [0.5, 0.6) is 0 Å². The molecule has 0 saturated heterocycles. The van der Waals surface area contributed by atoms with Gasteiger partial charge in [-0.05, 0) is 23.9 Å². The Morgan fingerprint density at radius 1 is 1.32 bits per heavy atom. The first-order chi connectivity index (χ1) is 9.31. The van der Waals surface area contributed by atoms with Crippen LogP contribution in [-0.4, -0.2) is 9.97 Å². The van der Waals surface area contributed by atoms with Gasteiger partial charge in [0.1, 0.15) is 0 Å². The number of nitrogens with two attached hydrogens (primary N) is 1. The Morgan fingerprint density at radius 2 is 2.21 bits per heavy atom. The second kappa shape index (κ2) is 5.05. The lowest BCUT2D eigenvalue weighted by Gasteiger charge is -2.17. The van der Waals surface area contributed by atoms with E-state index in [2.05, 4.69) is 27.5 Å². The van der Waals surface area contributed by atoms with Crippen LogP contribution in [0.15, 0.2) is 42.2 Å². The summed E-state index contributed by atoms with van der Waals surface area (Å²) in [6.45, 7) is 2.00. The number of hydrazine groups is 1. The average Bonchev–Trinajstić information content (AvgIpc) is 2.86. The molecule has 1 atom stereocenters. The zero-order chi connectivity index (χ0) is 13.2. The molecular weight excluding hydrogens is 256 g/mol. The van der Waals surface area contributed by atoms with Gasteiger partial charge in [-0.3, -0.25) is 10.8 Å². The normalized spacial score (nSPS) is 12.7. The summed E-state index contributed by atoms with van der Waals surface area (Å²) in [6, 6.07) is 8.15. The Kier molecular flexibility index (Phi) is 3.25. The van der Waals surface area contributed by atoms with Crippen molar-refractivity contribution < 1.29 is 0 Å². The second-order valence-corrected chi connectivity index (χ2v) is 5.23. The summed E-state index contributed by atoms with van der Waals surface area (Å²) in [6.07, 6.45) is 3.67. The predicted octanol–water partition coefficient (Wildman–Crippen LogP) is 2.55. The molecule has 5 heteroatoms. The fourth-order valence-electron chi connectivity index (χ4n) is 2.29. The number of hydrogen-bond donors (Lipinski definition) is 2. The van der Waals surface area contributed by atoms with E-state index in [-0.39, 0.29) is 6.04 Å². The Labute approximate surface area is 115 Å². The topological polar surface area (TPSA) is 63.8 Å². The van der Waals surface area contributed by atoms with Crippen LogP contribution in [0.2, 0.25) is 0 Å². The molecule has 1 unspecified atom stereocenters. The monoisotopic (exact) mass is 270 g/mol. The van der Waals surface area contributed by atoms with Gasteiger partial charge in [0.15, 0.2) is 0 Å². The lowest BCUT2D eigenvalue weighted by Crippen LogP contribution is -2.28. The molecule has 96 valence electrons. The molecule has 3 aromatic rings. The van der Waals surface area contributed by atoms with Crippen molar-refractivity contribution in [2.45, 2.75) is 13.0 Å². The van der Waals surface area contributed by atoms with Crippen molar-refractivity contribution in [3.63, 3.8) is 0 Å². The van der Waals surface area contributed by atoms with Gasteiger partial charge in [0.2, 0.25) is 0 Å². The van der Waals surface area contributed by atoms with Crippen molar-refractivity contribution >= 4 is 22.1 Å². The highest BCUT2D eigenvalue weighted by atomic mass is 32.1. The maximum atomic E-state index is 5.77. The van der Waals surface area contributed by atoms with E-state index < -0.39 is 0 Å². The third kappa shape index (κ3) is 2.12. The van der Waals surface area contributed by atoms with Crippen LogP contribution in [0.1, 0.15) is 22.2 Å². The summed E-state index contributed by atoms with van der Waals surface area (Å²) < 4.78 is 0. The average molecular weight is 270 g/mol. The van der Waals surface area contributed by atoms with E-state index in [1.54, 1.807) is 17.5 Å². The van der Waals surface area contributed by atoms with Crippen LogP contribution in [-0.2, 0) is 0 Å². The molecule has 0 aliphatic rings. The maximum Gasteiger partial charge on any atom is 0.0827 e. The third-order valence-electron chi connectivity index (χ3n) is 3.24. The first-order valence-electron chi connectivity index (χ1n) is 6.00. The number of aryl methyl sites for hydroxylation is 1. The number of pyridine rings is 1. The van der Waals surface area contributed by atoms with Gasteiger partial charge in [0, 0.05) is 17.8 Å². The predicted molar refractivity (Wildman–Crippen MR) is 77.8 cm³/mol. The van der Waals surface area contributed by atoms with Crippen molar-refractivity contribution in [2.75, 3.05) is 0 Å². The highest BCUT2D eigenvalue weighted by Crippen LogP contribution is 2.31. The second-order valence-electron chi connectivity index (χ2n) is 4.35. The molecule has 0 spiro atoms. The zero-order valence-corrected chi connectivity index (χ0v) is 11.3. The fraction of sp³-hybridized carbons (Fsp3) is 0.143. The summed E-state index contributed by atoms with van der Waals surface area (Å²) >= 11 is 1.62. The summed E-state index contributed by atoms with van der Waals surface area (Å²) in [5, 5.41) is 2.27. The van der Waals surface area contributed by atoms with Gasteiger partial charge >= 0.3 is 0 Å². The molecule has 0 fully saturated rings. The van der Waals surface area contributed by atoms with Gasteiger partial charge in [0.25, 0.3) is 0 Å². The molecule has 0 amide bonds. The molecule has 4 nitrogen and oxygen atoms in total. The van der Waals surface area contributed by atoms with Crippen LogP contribution < -0.4 is 11.3 Å². The lowest BCUT2D eigenvalue weighted by atomic mass is 9.99. The molecule has 2 heterocycles. The number of aromatic nitrogens is 2. The molecule has 0 aliphatic carbocycles. The van der Waals surface area contributed by atoms with Gasteiger partial charge in [-0.25, -0.2) is 10.4 Å². The molecule has 1 aromatic carbocycles. The van der Waals surface area contributed by atoms with Gasteiger partial charge < -0.3 is 0 Å². The SMILES string of the molecule is Cc1ncsc1C(NN)c1cccc2cnccc12. The van der Waals surface area contributed by atoms with Crippen LogP contribution in [0.25, 0.3) is 10.8 Å². The van der Waals surface area contributed by atoms with Gasteiger partial charge in [0.05, 0.1) is 22.1 Å². The smallest absolute Gasteiger partial charge is 0.0827 e. The molecule has 0 bridgehead atoms. The summed E-state index contributed by atoms with van der Waals surface area (Å²) in [5.74, 6) is 5.77. The van der Waals surface area contributed by atoms with E-state index in [0.717, 1.165) is 26.9 Å². The minimum absolute atomic E-state index is 0.0430. The first-order valence-corrected chi connectivity index (χ1v) is 6.88. The largest absolute Gasteiger partial charge is 0.271 e. The summed E-state index contributed by atoms with van der Waals surface area (Å²) in [4.78, 5) is 9.60. The lowest BCUT2D eigenvalue weighted by molar-refractivity contribution is 0.646. The van der Waals surface area contributed by atoms with Gasteiger partial charge in [-0.1, -0.05) is 18.2 Å². The van der Waals surface area contributed by atoms with E-state index in [9.17, 15) is 0 Å². The molecule has 0 aliphatic heterocycles. The quantitative estimate of drug-likeness (QED) is 0.567. The fourth-order valence-corrected chi connectivity index (χ4v) is 3.17. The van der Waals surface area contributed by atoms with Crippen LogP contribution in [0.3, 0.4) is 0 Å². The van der Waals surface area contributed by atoms with Gasteiger partial charge in [-0.2, -0.15) is 0 Å². The Balaban J connectivity index is 2.20. The van der Waals surface area contributed by atoms with E-state index in [1.165, 1.54) is 0 Å². The van der Waals surface area contributed by atoms with E-state index in [0.29, 0.717) is 0 Å². The molecule has 3 rings (SSSR count). The molecule has 0 radical (unpaired) electrons. The number of nitrogens with zero attached hydrogens (tertiary/aromatic N) is 2. The molecule has 19 heavy (non-hydrogen) atoms. The van der Waals surface area contributed by atoms with Crippen LogP contribution >= 0.6 is 11.3 Å². The number of thiazole rings is 1. The Morgan fingerprint density at radius 3 is 2.95 bits per heavy atom. The number of nitrogens with one attached hydrogen (secondary N) is 1. The highest BCUT2D eigenvalue weighted by Gasteiger charge is 2.18. The van der Waals surface area contributed by atoms with E-state index in [1.807, 2.05) is 30.8 Å². The van der Waals surface area contributed by atoms with Crippen molar-refractivity contribution in [1.29, 1.82) is 0 Å². The van der Waals surface area contributed by atoms with E-state index in [4.69, 9.17) is 5.84 Å². The van der Waals surface area contributed by atoms with Crippen molar-refractivity contribution in [1.82, 2.24) is 15.4 Å². The molecule has 3 N–H and O–H groups in total. The van der Waals surface area contributed by atoms with Crippen molar-refractivity contribution in [2.24, 2.45) is 5.84 Å². The van der Waals surface area contributed by atoms with Crippen molar-refractivity contribution in [3.05, 3.63) is 58.3 Å². The minimum Gasteiger partial charge on any atom is -0.271 e. The van der Waals surface area contributed by atoms with E-state index >= 15 is 0 Å². The van der Waals surface area contributed by atoms with Crippen molar-refractivity contribution in [3.8, 4) is 0 Å². The number of benzene rings is 1. The third-order valence-corrected chi connectivity index (χ3v) is 4.23. The number of fused-ring (bicyclic) bond motifs is 1. The molecule has 0 saturated carbocycles. The highest BCUT2D eigenvalue weighted by molar-refractivity contribution is 7.09. The number of hydrogen-bond acceptors (Lipinski definition) is 5. The summed E-state index contributed by atoms with van der Waals surface area (Å²) in [7, 11) is 0. The standard InChI is InChI=1S/C14H14N4S/c1-9-14(19-8-17-9)13(18-15)12-4-2-3-10-7-16-6-5-11(10)12/h2-8,13,18H,15H2,1H3. The zero-order valence-electron chi connectivity index (χ0n) is 10.5. The molecular formula is C14H14N4S. The first kappa shape index (κ1) is 12.2. The Bertz CT molecular complexity index is 702. The minimum atomic E-state index is -0.0430. The summed E-state index contributed by atoms with van der Waals surface area (Å²) in [5.41, 5.74) is 6.91. The number of rotatable bonds is 3. The molecule has 2 aromatic heterocycles. The Hall–Kier alpha value is -1.82. The van der Waals surface area contributed by atoms with Crippen LogP contribution in [0, 0.1) is 6.92 Å². The maximum absolute atomic E-state index is 5.77. The van der Waals surface area contributed by atoms with Gasteiger partial charge in [-0.15, -0.1) is 11.3 Å². The van der Waals surface area contributed by atoms with Crippen LogP contribution in [0.4, 0.5) is 0 Å².